The van der Waals surface area contributed by atoms with Crippen molar-refractivity contribution in [2.45, 2.75) is 45.2 Å². The van der Waals surface area contributed by atoms with Crippen LogP contribution in [0, 0.1) is 6.92 Å². The molecule has 0 saturated heterocycles. The summed E-state index contributed by atoms with van der Waals surface area (Å²) in [5.41, 5.74) is 3.87. The average Bonchev–Trinajstić information content (AvgIpc) is 3.50. The van der Waals surface area contributed by atoms with Crippen molar-refractivity contribution < 1.29 is 4.42 Å². The normalized spacial score (nSPS) is 17.2. The molecule has 0 amide bonds. The molecule has 0 radical (unpaired) electrons. The van der Waals surface area contributed by atoms with Crippen LogP contribution in [0.3, 0.4) is 0 Å². The van der Waals surface area contributed by atoms with Crippen LogP contribution in [0.4, 0.5) is 0 Å². The van der Waals surface area contributed by atoms with E-state index in [9.17, 15) is 9.59 Å². The molecule has 5 rings (SSSR count). The van der Waals surface area contributed by atoms with Crippen molar-refractivity contribution >= 4 is 11.0 Å². The lowest BCUT2D eigenvalue weighted by Crippen LogP contribution is -2.36. The molecule has 2 aromatic heterocycles. The number of nitrogens with zero attached hydrogens (tertiary/aromatic N) is 2. The number of H-pyrrole nitrogens is 1. The molecule has 0 unspecified atom stereocenters. The van der Waals surface area contributed by atoms with Crippen molar-refractivity contribution in [1.29, 1.82) is 0 Å². The molecular formula is C21H21N3O3. The van der Waals surface area contributed by atoms with Gasteiger partial charge in [-0.25, -0.2) is 4.98 Å². The van der Waals surface area contributed by atoms with E-state index in [2.05, 4.69) is 14.9 Å². The fraction of sp³-hybridized carbons (Fsp3) is 0.381. The quantitative estimate of drug-likeness (QED) is 0.774. The molecule has 0 bridgehead atoms. The largest absolute Gasteiger partial charge is 0.464 e. The maximum Gasteiger partial charge on any atom is 0.255 e. The molecular weight excluding hydrogens is 342 g/mol. The fourth-order valence-corrected chi connectivity index (χ4v) is 3.82. The lowest BCUT2D eigenvalue weighted by molar-refractivity contribution is 0.239. The van der Waals surface area contributed by atoms with Crippen molar-refractivity contribution in [2.75, 3.05) is 6.54 Å². The Hall–Kier alpha value is -2.73. The average molecular weight is 363 g/mol. The molecule has 1 fully saturated rings. The van der Waals surface area contributed by atoms with Gasteiger partial charge in [0.2, 0.25) is 0 Å². The van der Waals surface area contributed by atoms with Crippen LogP contribution in [0.1, 0.15) is 47.0 Å². The molecule has 2 aliphatic rings. The molecule has 0 atom stereocenters. The molecule has 3 heterocycles. The SMILES string of the molecule is Cc1ccc2occ(CN3CCc4nc(C5CC5)[nH]c(=O)c4C3)c(=O)c2c1. The second-order valence-electron chi connectivity index (χ2n) is 7.70. The summed E-state index contributed by atoms with van der Waals surface area (Å²) in [6, 6.07) is 5.63. The highest BCUT2D eigenvalue weighted by atomic mass is 16.3. The lowest BCUT2D eigenvalue weighted by Gasteiger charge is -2.27. The van der Waals surface area contributed by atoms with Crippen molar-refractivity contribution in [3.63, 3.8) is 0 Å². The van der Waals surface area contributed by atoms with E-state index in [0.717, 1.165) is 48.5 Å². The zero-order valence-corrected chi connectivity index (χ0v) is 15.2. The zero-order valence-electron chi connectivity index (χ0n) is 15.2. The van der Waals surface area contributed by atoms with Crippen LogP contribution < -0.4 is 11.0 Å². The predicted molar refractivity (Wildman–Crippen MR) is 102 cm³/mol. The first-order valence-electron chi connectivity index (χ1n) is 9.44. The van der Waals surface area contributed by atoms with Gasteiger partial charge in [-0.2, -0.15) is 0 Å². The number of hydrogen-bond acceptors (Lipinski definition) is 5. The summed E-state index contributed by atoms with van der Waals surface area (Å²) in [4.78, 5) is 35.1. The van der Waals surface area contributed by atoms with E-state index in [1.165, 1.54) is 0 Å². The van der Waals surface area contributed by atoms with Crippen molar-refractivity contribution in [3.8, 4) is 0 Å². The second-order valence-corrected chi connectivity index (χ2v) is 7.70. The number of benzene rings is 1. The first-order chi connectivity index (χ1) is 13.1. The minimum absolute atomic E-state index is 0.00172. The Balaban J connectivity index is 1.43. The number of aryl methyl sites for hydroxylation is 1. The number of hydrogen-bond donors (Lipinski definition) is 1. The first-order valence-corrected chi connectivity index (χ1v) is 9.44. The molecule has 6 nitrogen and oxygen atoms in total. The molecule has 27 heavy (non-hydrogen) atoms. The molecule has 6 heteroatoms. The standard InChI is InChI=1S/C21H21N3O3/c1-12-2-5-18-15(8-12)19(25)14(11-27-18)9-24-7-6-17-16(10-24)21(26)23-20(22-17)13-3-4-13/h2,5,8,11,13H,3-4,6-7,9-10H2,1H3,(H,22,23,26). The maximum atomic E-state index is 12.8. The Bertz CT molecular complexity index is 1160. The van der Waals surface area contributed by atoms with Gasteiger partial charge >= 0.3 is 0 Å². The fourth-order valence-electron chi connectivity index (χ4n) is 3.82. The zero-order chi connectivity index (χ0) is 18.5. The molecule has 1 aromatic carbocycles. The van der Waals surface area contributed by atoms with Crippen LogP contribution in [0.2, 0.25) is 0 Å². The van der Waals surface area contributed by atoms with Gasteiger partial charge in [-0.3, -0.25) is 14.5 Å². The second kappa shape index (κ2) is 6.16. The number of aromatic amines is 1. The lowest BCUT2D eigenvalue weighted by atomic mass is 10.1. The monoisotopic (exact) mass is 363 g/mol. The van der Waals surface area contributed by atoms with Gasteiger partial charge in [0.1, 0.15) is 11.4 Å². The Morgan fingerprint density at radius 1 is 1.30 bits per heavy atom. The van der Waals surface area contributed by atoms with Gasteiger partial charge < -0.3 is 9.40 Å². The van der Waals surface area contributed by atoms with E-state index in [-0.39, 0.29) is 11.0 Å². The van der Waals surface area contributed by atoms with Gasteiger partial charge in [0.15, 0.2) is 5.43 Å². The molecule has 3 aromatic rings. The Morgan fingerprint density at radius 3 is 2.96 bits per heavy atom. The van der Waals surface area contributed by atoms with E-state index < -0.39 is 0 Å². The molecule has 1 saturated carbocycles. The predicted octanol–water partition coefficient (Wildman–Crippen LogP) is 2.62. The number of fused-ring (bicyclic) bond motifs is 2. The Morgan fingerprint density at radius 2 is 2.15 bits per heavy atom. The van der Waals surface area contributed by atoms with Crippen LogP contribution in [0.15, 0.2) is 38.5 Å². The number of rotatable bonds is 3. The number of aromatic nitrogens is 2. The summed E-state index contributed by atoms with van der Waals surface area (Å²) in [5, 5.41) is 0.610. The topological polar surface area (TPSA) is 79.2 Å². The first kappa shape index (κ1) is 16.4. The third-order valence-corrected chi connectivity index (χ3v) is 5.52. The van der Waals surface area contributed by atoms with Gasteiger partial charge in [0.25, 0.3) is 5.56 Å². The minimum Gasteiger partial charge on any atom is -0.464 e. The molecule has 1 aliphatic heterocycles. The highest BCUT2D eigenvalue weighted by Gasteiger charge is 2.29. The van der Waals surface area contributed by atoms with Crippen molar-refractivity contribution in [1.82, 2.24) is 14.9 Å². The molecule has 1 N–H and O–H groups in total. The molecule has 0 spiro atoms. The highest BCUT2D eigenvalue weighted by Crippen LogP contribution is 2.37. The van der Waals surface area contributed by atoms with Crippen molar-refractivity contribution in [3.05, 3.63) is 73.2 Å². The Labute approximate surface area is 155 Å². The molecule has 138 valence electrons. The van der Waals surface area contributed by atoms with Gasteiger partial charge in [0.05, 0.1) is 22.9 Å². The smallest absolute Gasteiger partial charge is 0.255 e. The summed E-state index contributed by atoms with van der Waals surface area (Å²) >= 11 is 0. The third-order valence-electron chi connectivity index (χ3n) is 5.52. The van der Waals surface area contributed by atoms with Gasteiger partial charge in [-0.15, -0.1) is 0 Å². The summed E-state index contributed by atoms with van der Waals surface area (Å²) < 4.78 is 5.66. The van der Waals surface area contributed by atoms with E-state index in [1.54, 1.807) is 6.26 Å². The van der Waals surface area contributed by atoms with Crippen LogP contribution in [0.5, 0.6) is 0 Å². The van der Waals surface area contributed by atoms with E-state index >= 15 is 0 Å². The minimum atomic E-state index is -0.0345. The van der Waals surface area contributed by atoms with Crippen LogP contribution in [-0.4, -0.2) is 21.4 Å². The van der Waals surface area contributed by atoms with E-state index in [4.69, 9.17) is 4.42 Å². The van der Waals surface area contributed by atoms with Gasteiger partial charge in [0, 0.05) is 37.5 Å². The van der Waals surface area contributed by atoms with Crippen LogP contribution in [0.25, 0.3) is 11.0 Å². The van der Waals surface area contributed by atoms with Crippen LogP contribution in [-0.2, 0) is 19.5 Å². The summed E-state index contributed by atoms with van der Waals surface area (Å²) in [6.07, 6.45) is 4.52. The maximum absolute atomic E-state index is 12.8. The van der Waals surface area contributed by atoms with Crippen molar-refractivity contribution in [2.24, 2.45) is 0 Å². The summed E-state index contributed by atoms with van der Waals surface area (Å²) in [6.45, 7) is 3.71. The number of nitrogens with one attached hydrogen (secondary N) is 1. The van der Waals surface area contributed by atoms with E-state index in [1.807, 2.05) is 25.1 Å². The third kappa shape index (κ3) is 3.00. The van der Waals surface area contributed by atoms with Gasteiger partial charge in [-0.05, 0) is 31.9 Å². The Kier molecular flexibility index (Phi) is 3.75. The summed E-state index contributed by atoms with van der Waals surface area (Å²) in [7, 11) is 0. The van der Waals surface area contributed by atoms with Gasteiger partial charge in [-0.1, -0.05) is 11.6 Å². The highest BCUT2D eigenvalue weighted by molar-refractivity contribution is 5.77. The molecule has 1 aliphatic carbocycles. The van der Waals surface area contributed by atoms with E-state index in [0.29, 0.717) is 35.5 Å². The van der Waals surface area contributed by atoms with Crippen LogP contribution >= 0.6 is 0 Å². The summed E-state index contributed by atoms with van der Waals surface area (Å²) in [5.74, 6) is 1.28.